The van der Waals surface area contributed by atoms with Crippen LogP contribution in [0.3, 0.4) is 0 Å². The van der Waals surface area contributed by atoms with Crippen molar-refractivity contribution in [2.75, 3.05) is 33.4 Å². The van der Waals surface area contributed by atoms with Gasteiger partial charge in [-0.1, -0.05) is 24.3 Å². The third-order valence-electron chi connectivity index (χ3n) is 4.98. The average molecular weight is 432 g/mol. The number of carbonyl (C=O) groups is 2. The quantitative estimate of drug-likeness (QED) is 0.263. The van der Waals surface area contributed by atoms with E-state index < -0.39 is 5.97 Å². The van der Waals surface area contributed by atoms with Crippen molar-refractivity contribution in [2.24, 2.45) is 0 Å². The zero-order valence-corrected chi connectivity index (χ0v) is 17.4. The van der Waals surface area contributed by atoms with Crippen molar-refractivity contribution in [2.45, 2.75) is 0 Å². The highest BCUT2D eigenvalue weighted by molar-refractivity contribution is 6.01. The van der Waals surface area contributed by atoms with Crippen LogP contribution in [0.5, 0.6) is 11.5 Å². The summed E-state index contributed by atoms with van der Waals surface area (Å²) in [6, 6.07) is 15.6. The number of benzene rings is 2. The van der Waals surface area contributed by atoms with E-state index in [0.29, 0.717) is 37.4 Å². The van der Waals surface area contributed by atoms with E-state index in [2.05, 4.69) is 0 Å². The molecule has 0 atom stereocenters. The summed E-state index contributed by atoms with van der Waals surface area (Å²) in [5.41, 5.74) is 1.14. The maximum absolute atomic E-state index is 12.6. The topological polar surface area (TPSA) is 102 Å². The number of amides is 1. The first-order chi connectivity index (χ1) is 15.6. The molecular formula is C24H20N2O6. The Balaban J connectivity index is 1.54. The lowest BCUT2D eigenvalue weighted by atomic mass is 10.1. The van der Waals surface area contributed by atoms with Crippen molar-refractivity contribution < 1.29 is 28.2 Å². The van der Waals surface area contributed by atoms with E-state index in [1.807, 2.05) is 24.3 Å². The second-order valence-electron chi connectivity index (χ2n) is 7.02. The van der Waals surface area contributed by atoms with Crippen LogP contribution in [-0.4, -0.2) is 50.2 Å². The first-order valence-corrected chi connectivity index (χ1v) is 9.96. The molecule has 1 fully saturated rings. The predicted octanol–water partition coefficient (Wildman–Crippen LogP) is 3.43. The third-order valence-corrected chi connectivity index (χ3v) is 4.98. The van der Waals surface area contributed by atoms with Gasteiger partial charge in [-0.05, 0) is 35.9 Å². The first kappa shape index (κ1) is 21.2. The van der Waals surface area contributed by atoms with Crippen molar-refractivity contribution in [3.05, 3.63) is 65.4 Å². The molecular weight excluding hydrogens is 412 g/mol. The van der Waals surface area contributed by atoms with Crippen LogP contribution < -0.4 is 9.47 Å². The Bertz CT molecular complexity index is 1200. The second-order valence-corrected chi connectivity index (χ2v) is 7.02. The lowest BCUT2D eigenvalue weighted by Gasteiger charge is -2.26. The normalized spacial score (nSPS) is 14.1. The first-order valence-electron chi connectivity index (χ1n) is 9.96. The molecule has 0 spiro atoms. The molecule has 8 nitrogen and oxygen atoms in total. The van der Waals surface area contributed by atoms with Crippen LogP contribution in [0.1, 0.15) is 16.1 Å². The van der Waals surface area contributed by atoms with E-state index in [-0.39, 0.29) is 28.7 Å². The summed E-state index contributed by atoms with van der Waals surface area (Å²) in [4.78, 5) is 26.7. The number of hydrogen-bond donors (Lipinski definition) is 0. The Kier molecular flexibility index (Phi) is 6.19. The highest BCUT2D eigenvalue weighted by Crippen LogP contribution is 2.30. The molecule has 1 saturated heterocycles. The number of furan rings is 1. The Morgan fingerprint density at radius 2 is 1.88 bits per heavy atom. The minimum Gasteiger partial charge on any atom is -0.493 e. The molecule has 1 aliphatic heterocycles. The van der Waals surface area contributed by atoms with Gasteiger partial charge in [0.15, 0.2) is 11.5 Å². The number of hydrogen-bond acceptors (Lipinski definition) is 7. The average Bonchev–Trinajstić information content (AvgIpc) is 3.28. The van der Waals surface area contributed by atoms with Gasteiger partial charge < -0.3 is 23.5 Å². The van der Waals surface area contributed by atoms with Gasteiger partial charge in [-0.15, -0.1) is 0 Å². The summed E-state index contributed by atoms with van der Waals surface area (Å²) in [6.45, 7) is 1.78. The molecule has 162 valence electrons. The largest absolute Gasteiger partial charge is 0.493 e. The number of nitriles is 1. The Morgan fingerprint density at radius 1 is 1.09 bits per heavy atom. The Labute approximate surface area is 184 Å². The van der Waals surface area contributed by atoms with Crippen LogP contribution in [0.4, 0.5) is 0 Å². The molecule has 3 aromatic rings. The maximum atomic E-state index is 12.6. The number of morpholine rings is 1. The number of fused-ring (bicyclic) bond motifs is 1. The summed E-state index contributed by atoms with van der Waals surface area (Å²) in [6.07, 6.45) is 1.48. The van der Waals surface area contributed by atoms with Crippen LogP contribution in [-0.2, 0) is 9.53 Å². The monoisotopic (exact) mass is 432 g/mol. The van der Waals surface area contributed by atoms with E-state index >= 15 is 0 Å². The number of rotatable bonds is 5. The number of ether oxygens (including phenoxy) is 3. The zero-order chi connectivity index (χ0) is 22.5. The summed E-state index contributed by atoms with van der Waals surface area (Å²) >= 11 is 0. The molecule has 1 amide bonds. The van der Waals surface area contributed by atoms with Crippen molar-refractivity contribution in [1.82, 2.24) is 4.90 Å². The van der Waals surface area contributed by atoms with Gasteiger partial charge in [-0.25, -0.2) is 4.79 Å². The molecule has 0 unspecified atom stereocenters. The molecule has 8 heteroatoms. The maximum Gasteiger partial charge on any atom is 0.379 e. The highest BCUT2D eigenvalue weighted by atomic mass is 16.6. The fraction of sp³-hybridized carbons (Fsp3) is 0.208. The SMILES string of the molecule is COc1cc(/C=C(\C#N)C(=O)N2CCOCC2)ccc1OC(=O)c1cc2ccccc2o1. The number of nitrogens with zero attached hydrogens (tertiary/aromatic N) is 2. The molecule has 0 aliphatic carbocycles. The lowest BCUT2D eigenvalue weighted by Crippen LogP contribution is -2.41. The number of para-hydroxylation sites is 1. The van der Waals surface area contributed by atoms with Crippen molar-refractivity contribution in [1.29, 1.82) is 5.26 Å². The molecule has 1 aromatic heterocycles. The smallest absolute Gasteiger partial charge is 0.379 e. The number of esters is 1. The van der Waals surface area contributed by atoms with Crippen molar-refractivity contribution >= 4 is 28.9 Å². The van der Waals surface area contributed by atoms with Gasteiger partial charge in [0.1, 0.15) is 17.2 Å². The fourth-order valence-electron chi connectivity index (χ4n) is 3.34. The van der Waals surface area contributed by atoms with Gasteiger partial charge in [0, 0.05) is 18.5 Å². The molecule has 1 aliphatic rings. The highest BCUT2D eigenvalue weighted by Gasteiger charge is 2.21. The second kappa shape index (κ2) is 9.37. The molecule has 0 bridgehead atoms. The van der Waals surface area contributed by atoms with Crippen LogP contribution in [0.15, 0.2) is 58.5 Å². The van der Waals surface area contributed by atoms with Crippen LogP contribution >= 0.6 is 0 Å². The van der Waals surface area contributed by atoms with E-state index in [1.54, 1.807) is 35.2 Å². The zero-order valence-electron chi connectivity index (χ0n) is 17.4. The number of methoxy groups -OCH3 is 1. The summed E-state index contributed by atoms with van der Waals surface area (Å²) in [5.74, 6) is -0.481. The van der Waals surface area contributed by atoms with Crippen LogP contribution in [0, 0.1) is 11.3 Å². The van der Waals surface area contributed by atoms with Crippen LogP contribution in [0.25, 0.3) is 17.0 Å². The summed E-state index contributed by atoms with van der Waals surface area (Å²) < 4.78 is 21.6. The fourth-order valence-corrected chi connectivity index (χ4v) is 3.34. The number of carbonyl (C=O) groups excluding carboxylic acids is 2. The van der Waals surface area contributed by atoms with Gasteiger partial charge in [-0.3, -0.25) is 4.79 Å². The Morgan fingerprint density at radius 3 is 2.59 bits per heavy atom. The van der Waals surface area contributed by atoms with Gasteiger partial charge in [0.05, 0.1) is 20.3 Å². The van der Waals surface area contributed by atoms with Gasteiger partial charge in [0.2, 0.25) is 5.76 Å². The van der Waals surface area contributed by atoms with Crippen molar-refractivity contribution in [3.63, 3.8) is 0 Å². The third kappa shape index (κ3) is 4.48. The predicted molar refractivity (Wildman–Crippen MR) is 115 cm³/mol. The molecule has 0 saturated carbocycles. The standard InChI is InChI=1S/C24H20N2O6/c1-29-21-13-16(12-18(15-25)23(27)26-8-10-30-11-9-26)6-7-20(21)32-24(28)22-14-17-4-2-3-5-19(17)31-22/h2-7,12-14H,8-11H2,1H3/b18-12+. The van der Waals surface area contributed by atoms with E-state index in [9.17, 15) is 14.9 Å². The van der Waals surface area contributed by atoms with Gasteiger partial charge in [-0.2, -0.15) is 5.26 Å². The van der Waals surface area contributed by atoms with Crippen molar-refractivity contribution in [3.8, 4) is 17.6 Å². The van der Waals surface area contributed by atoms with Gasteiger partial charge >= 0.3 is 5.97 Å². The van der Waals surface area contributed by atoms with E-state index in [1.165, 1.54) is 13.2 Å². The Hall–Kier alpha value is -4.09. The van der Waals surface area contributed by atoms with E-state index in [4.69, 9.17) is 18.6 Å². The molecule has 0 N–H and O–H groups in total. The molecule has 2 aromatic carbocycles. The summed E-state index contributed by atoms with van der Waals surface area (Å²) in [7, 11) is 1.44. The molecule has 0 radical (unpaired) electrons. The lowest BCUT2D eigenvalue weighted by molar-refractivity contribution is -0.130. The molecule has 4 rings (SSSR count). The van der Waals surface area contributed by atoms with Gasteiger partial charge in [0.25, 0.3) is 5.91 Å². The van der Waals surface area contributed by atoms with Crippen LogP contribution in [0.2, 0.25) is 0 Å². The molecule has 2 heterocycles. The minimum atomic E-state index is -0.664. The summed E-state index contributed by atoms with van der Waals surface area (Å²) in [5, 5.41) is 10.3. The minimum absolute atomic E-state index is 0.000901. The molecule has 32 heavy (non-hydrogen) atoms. The van der Waals surface area contributed by atoms with E-state index in [0.717, 1.165) is 5.39 Å².